The Morgan fingerprint density at radius 2 is 1.80 bits per heavy atom. The molecule has 0 aliphatic heterocycles. The number of amides is 1. The fraction of sp³-hybridized carbons (Fsp3) is 0.438. The van der Waals surface area contributed by atoms with E-state index in [1.54, 1.807) is 0 Å². The zero-order valence-corrected chi connectivity index (χ0v) is 13.1. The lowest BCUT2D eigenvalue weighted by atomic mass is 10.00. The van der Waals surface area contributed by atoms with E-state index in [4.69, 9.17) is 10.00 Å². The van der Waals surface area contributed by atoms with E-state index < -0.39 is 36.1 Å². The number of ether oxygens (including phenoxy) is 2. The lowest BCUT2D eigenvalue weighted by molar-refractivity contribution is -0.274. The van der Waals surface area contributed by atoms with Gasteiger partial charge in [0.05, 0.1) is 11.6 Å². The van der Waals surface area contributed by atoms with Crippen molar-refractivity contribution < 1.29 is 32.2 Å². The average molecular weight is 356 g/mol. The van der Waals surface area contributed by atoms with Crippen molar-refractivity contribution in [3.8, 4) is 11.8 Å². The number of rotatable bonds is 5. The summed E-state index contributed by atoms with van der Waals surface area (Å²) in [7, 11) is 0. The van der Waals surface area contributed by atoms with Crippen LogP contribution >= 0.6 is 0 Å². The lowest BCUT2D eigenvalue weighted by Gasteiger charge is -2.21. The average Bonchev–Trinajstić information content (AvgIpc) is 3.01. The fourth-order valence-electron chi connectivity index (χ4n) is 2.55. The number of benzene rings is 1. The van der Waals surface area contributed by atoms with Gasteiger partial charge >= 0.3 is 12.3 Å². The van der Waals surface area contributed by atoms with Crippen molar-refractivity contribution in [2.24, 2.45) is 0 Å². The normalized spacial score (nSPS) is 15.9. The van der Waals surface area contributed by atoms with Crippen LogP contribution in [0.1, 0.15) is 36.0 Å². The molecule has 0 saturated heterocycles. The number of nitriles is 1. The first kappa shape index (κ1) is 18.6. The summed E-state index contributed by atoms with van der Waals surface area (Å²) in [4.78, 5) is 23.6. The highest BCUT2D eigenvalue weighted by atomic mass is 19.4. The quantitative estimate of drug-likeness (QED) is 0.820. The molecule has 0 unspecified atom stereocenters. The summed E-state index contributed by atoms with van der Waals surface area (Å²) in [6.45, 7) is -0.580. The summed E-state index contributed by atoms with van der Waals surface area (Å²) in [5.41, 5.74) is -0.946. The molecule has 1 aliphatic carbocycles. The van der Waals surface area contributed by atoms with E-state index in [1.807, 2.05) is 0 Å². The Bertz CT molecular complexity index is 674. The van der Waals surface area contributed by atoms with Gasteiger partial charge in [0.15, 0.2) is 6.61 Å². The molecule has 0 spiro atoms. The molecule has 1 N–H and O–H groups in total. The van der Waals surface area contributed by atoms with Crippen LogP contribution in [0, 0.1) is 11.3 Å². The van der Waals surface area contributed by atoms with Crippen LogP contribution in [0.2, 0.25) is 0 Å². The molecule has 9 heteroatoms. The molecule has 0 atom stereocenters. The van der Waals surface area contributed by atoms with Crippen molar-refractivity contribution in [3.63, 3.8) is 0 Å². The minimum Gasteiger partial charge on any atom is -0.452 e. The topological polar surface area (TPSA) is 88.4 Å². The van der Waals surface area contributed by atoms with Gasteiger partial charge in [-0.25, -0.2) is 4.79 Å². The molecule has 0 heterocycles. The number of hydrogen-bond donors (Lipinski definition) is 1. The Kier molecular flexibility index (Phi) is 5.51. The van der Waals surface area contributed by atoms with Gasteiger partial charge < -0.3 is 14.8 Å². The molecule has 1 aromatic rings. The zero-order valence-electron chi connectivity index (χ0n) is 13.1. The highest BCUT2D eigenvalue weighted by Gasteiger charge is 2.35. The second kappa shape index (κ2) is 7.42. The van der Waals surface area contributed by atoms with Crippen molar-refractivity contribution in [3.05, 3.63) is 29.8 Å². The van der Waals surface area contributed by atoms with E-state index in [-0.39, 0.29) is 5.56 Å². The summed E-state index contributed by atoms with van der Waals surface area (Å²) < 4.78 is 44.7. The SMILES string of the molecule is N#CC1(NC(=O)COC(=O)c2ccc(OC(F)(F)F)cc2)CCCC1. The maximum atomic E-state index is 12.1. The molecule has 1 fully saturated rings. The maximum absolute atomic E-state index is 12.1. The lowest BCUT2D eigenvalue weighted by Crippen LogP contribution is -2.46. The van der Waals surface area contributed by atoms with Gasteiger partial charge in [-0.05, 0) is 49.9 Å². The molecule has 0 bridgehead atoms. The molecule has 6 nitrogen and oxygen atoms in total. The zero-order chi connectivity index (χ0) is 18.5. The minimum atomic E-state index is -4.82. The van der Waals surface area contributed by atoms with Crippen LogP contribution in [-0.2, 0) is 9.53 Å². The molecule has 2 rings (SSSR count). The van der Waals surface area contributed by atoms with E-state index in [2.05, 4.69) is 16.1 Å². The summed E-state index contributed by atoms with van der Waals surface area (Å²) in [6.07, 6.45) is -2.06. The Labute approximate surface area is 141 Å². The van der Waals surface area contributed by atoms with Crippen LogP contribution in [0.25, 0.3) is 0 Å². The van der Waals surface area contributed by atoms with Crippen molar-refractivity contribution in [1.82, 2.24) is 5.32 Å². The van der Waals surface area contributed by atoms with Crippen LogP contribution in [0.15, 0.2) is 24.3 Å². The van der Waals surface area contributed by atoms with Crippen LogP contribution in [0.4, 0.5) is 13.2 Å². The second-order valence-corrected chi connectivity index (χ2v) is 5.60. The summed E-state index contributed by atoms with van der Waals surface area (Å²) in [5.74, 6) is -1.95. The van der Waals surface area contributed by atoms with Gasteiger partial charge in [-0.2, -0.15) is 5.26 Å². The third kappa shape index (κ3) is 5.38. The van der Waals surface area contributed by atoms with Gasteiger partial charge in [-0.1, -0.05) is 0 Å². The Hall–Kier alpha value is -2.76. The third-order valence-electron chi connectivity index (χ3n) is 3.71. The van der Waals surface area contributed by atoms with Gasteiger partial charge in [0.1, 0.15) is 11.3 Å². The number of halogens is 3. The molecular formula is C16H15F3N2O4. The number of alkyl halides is 3. The highest BCUT2D eigenvalue weighted by Crippen LogP contribution is 2.28. The van der Waals surface area contributed by atoms with E-state index in [9.17, 15) is 22.8 Å². The molecular weight excluding hydrogens is 341 g/mol. The largest absolute Gasteiger partial charge is 0.573 e. The second-order valence-electron chi connectivity index (χ2n) is 5.60. The van der Waals surface area contributed by atoms with Crippen LogP contribution < -0.4 is 10.1 Å². The van der Waals surface area contributed by atoms with Gasteiger partial charge in [0, 0.05) is 0 Å². The first-order valence-corrected chi connectivity index (χ1v) is 7.48. The predicted octanol–water partition coefficient (Wildman–Crippen LogP) is 2.69. The fourth-order valence-corrected chi connectivity index (χ4v) is 2.55. The van der Waals surface area contributed by atoms with E-state index in [1.165, 1.54) is 0 Å². The molecule has 1 saturated carbocycles. The number of hydrogen-bond acceptors (Lipinski definition) is 5. The van der Waals surface area contributed by atoms with Crippen molar-refractivity contribution in [2.45, 2.75) is 37.6 Å². The maximum Gasteiger partial charge on any atom is 0.573 e. The Morgan fingerprint density at radius 3 is 2.32 bits per heavy atom. The van der Waals surface area contributed by atoms with Gasteiger partial charge in [0.2, 0.25) is 0 Å². The molecule has 134 valence electrons. The first-order valence-electron chi connectivity index (χ1n) is 7.48. The predicted molar refractivity (Wildman–Crippen MR) is 78.4 cm³/mol. The van der Waals surface area contributed by atoms with Crippen LogP contribution in [0.5, 0.6) is 5.75 Å². The van der Waals surface area contributed by atoms with E-state index in [0.717, 1.165) is 37.1 Å². The van der Waals surface area contributed by atoms with Crippen molar-refractivity contribution >= 4 is 11.9 Å². The van der Waals surface area contributed by atoms with Crippen LogP contribution in [0.3, 0.4) is 0 Å². The molecule has 0 aromatic heterocycles. The monoisotopic (exact) mass is 356 g/mol. The minimum absolute atomic E-state index is 0.0295. The third-order valence-corrected chi connectivity index (χ3v) is 3.71. The van der Waals surface area contributed by atoms with Crippen molar-refractivity contribution in [1.29, 1.82) is 5.26 Å². The molecule has 1 aliphatic rings. The number of nitrogens with one attached hydrogen (secondary N) is 1. The molecule has 1 aromatic carbocycles. The summed E-state index contributed by atoms with van der Waals surface area (Å²) >= 11 is 0. The highest BCUT2D eigenvalue weighted by molar-refractivity contribution is 5.91. The molecule has 1 amide bonds. The smallest absolute Gasteiger partial charge is 0.452 e. The van der Waals surface area contributed by atoms with Gasteiger partial charge in [0.25, 0.3) is 5.91 Å². The van der Waals surface area contributed by atoms with E-state index >= 15 is 0 Å². The van der Waals surface area contributed by atoms with E-state index in [0.29, 0.717) is 12.8 Å². The number of carbonyl (C=O) groups is 2. The first-order chi connectivity index (χ1) is 11.7. The molecule has 0 radical (unpaired) electrons. The summed E-state index contributed by atoms with van der Waals surface area (Å²) in [5, 5.41) is 11.7. The van der Waals surface area contributed by atoms with Crippen LogP contribution in [-0.4, -0.2) is 30.4 Å². The number of nitrogens with zero attached hydrogens (tertiary/aromatic N) is 1. The number of esters is 1. The summed E-state index contributed by atoms with van der Waals surface area (Å²) in [6, 6.07) is 6.19. The van der Waals surface area contributed by atoms with Gasteiger partial charge in [-0.15, -0.1) is 13.2 Å². The Morgan fingerprint density at radius 1 is 1.20 bits per heavy atom. The molecule has 25 heavy (non-hydrogen) atoms. The number of carbonyl (C=O) groups excluding carboxylic acids is 2. The standard InChI is InChI=1S/C16H15F3N2O4/c17-16(18,19)25-12-5-3-11(4-6-12)14(23)24-9-13(22)21-15(10-20)7-1-2-8-15/h3-6H,1-2,7-9H2,(H,21,22). The van der Waals surface area contributed by atoms with Gasteiger partial charge in [-0.3, -0.25) is 4.79 Å². The van der Waals surface area contributed by atoms with Crippen molar-refractivity contribution in [2.75, 3.05) is 6.61 Å². The Balaban J connectivity index is 1.85.